The Morgan fingerprint density at radius 2 is 0.895 bits per heavy atom. The number of aryl methyl sites for hydroxylation is 4. The van der Waals surface area contributed by atoms with Crippen LogP contribution in [0, 0.1) is 27.7 Å². The van der Waals surface area contributed by atoms with Gasteiger partial charge in [-0.3, -0.25) is 0 Å². The van der Waals surface area contributed by atoms with E-state index in [4.69, 9.17) is 19.5 Å². The number of benzene rings is 4. The molecule has 0 amide bonds. The second-order valence-corrected chi connectivity index (χ2v) is 10.4. The fourth-order valence-corrected chi connectivity index (χ4v) is 5.64. The Balaban J connectivity index is 1.35. The highest BCUT2D eigenvalue weighted by Gasteiger charge is 2.28. The molecule has 4 heteroatoms. The Bertz CT molecular complexity index is 1420. The molecule has 0 aromatic heterocycles. The van der Waals surface area contributed by atoms with Gasteiger partial charge >= 0.3 is 0 Å². The Morgan fingerprint density at radius 1 is 0.526 bits per heavy atom. The van der Waals surface area contributed by atoms with Crippen LogP contribution < -0.4 is 0 Å². The van der Waals surface area contributed by atoms with Gasteiger partial charge in [0.05, 0.1) is 0 Å². The van der Waals surface area contributed by atoms with Crippen LogP contribution in [0.3, 0.4) is 0 Å². The van der Waals surface area contributed by atoms with E-state index in [9.17, 15) is 0 Å². The number of nitrogens with zero attached hydrogens (tertiary/aromatic N) is 2. The van der Waals surface area contributed by atoms with Gasteiger partial charge in [0.2, 0.25) is 11.8 Å². The smallest absolute Gasteiger partial charge is 0.216 e. The average Bonchev–Trinajstić information content (AvgIpc) is 3.58. The van der Waals surface area contributed by atoms with Crippen LogP contribution in [0.1, 0.15) is 56.6 Å². The second-order valence-electron chi connectivity index (χ2n) is 10.4. The SMILES string of the molecule is Cc1cc(C)cc(C2=N[C@@H](c3ccccc3-c3ccccc3[C@H]3COC(c4cc(C)cc(C)c4)=N3)CO2)c1. The molecule has 0 N–H and O–H groups in total. The van der Waals surface area contributed by atoms with E-state index in [1.165, 1.54) is 22.3 Å². The maximum absolute atomic E-state index is 6.13. The maximum atomic E-state index is 6.13. The fraction of sp³-hybridized carbons (Fsp3) is 0.235. The lowest BCUT2D eigenvalue weighted by Gasteiger charge is -2.17. The van der Waals surface area contributed by atoms with Crippen LogP contribution in [0.5, 0.6) is 0 Å². The number of hydrogen-bond donors (Lipinski definition) is 0. The molecule has 0 radical (unpaired) electrons. The first-order chi connectivity index (χ1) is 18.4. The second kappa shape index (κ2) is 9.94. The summed E-state index contributed by atoms with van der Waals surface area (Å²) < 4.78 is 12.3. The third kappa shape index (κ3) is 4.74. The van der Waals surface area contributed by atoms with Gasteiger partial charge in [0.1, 0.15) is 25.3 Å². The van der Waals surface area contributed by atoms with Gasteiger partial charge in [0.25, 0.3) is 0 Å². The predicted molar refractivity (Wildman–Crippen MR) is 154 cm³/mol. The third-order valence-corrected chi connectivity index (χ3v) is 7.17. The van der Waals surface area contributed by atoms with Gasteiger partial charge in [0, 0.05) is 11.1 Å². The van der Waals surface area contributed by atoms with Crippen LogP contribution in [0.15, 0.2) is 94.9 Å². The van der Waals surface area contributed by atoms with Crippen molar-refractivity contribution in [2.45, 2.75) is 39.8 Å². The van der Waals surface area contributed by atoms with Crippen molar-refractivity contribution in [2.75, 3.05) is 13.2 Å². The molecular weight excluding hydrogens is 468 g/mol. The first-order valence-corrected chi connectivity index (χ1v) is 13.2. The summed E-state index contributed by atoms with van der Waals surface area (Å²) in [6.07, 6.45) is 0. The zero-order valence-corrected chi connectivity index (χ0v) is 22.4. The number of aliphatic imine (C=N–C) groups is 2. The first-order valence-electron chi connectivity index (χ1n) is 13.2. The van der Waals surface area contributed by atoms with Crippen molar-refractivity contribution in [3.8, 4) is 11.1 Å². The lowest BCUT2D eigenvalue weighted by atomic mass is 9.90. The largest absolute Gasteiger partial charge is 0.475 e. The molecule has 190 valence electrons. The molecule has 4 aromatic carbocycles. The van der Waals surface area contributed by atoms with Crippen LogP contribution in [0.4, 0.5) is 0 Å². The Morgan fingerprint density at radius 3 is 1.29 bits per heavy atom. The molecule has 2 aliphatic rings. The average molecular weight is 501 g/mol. The van der Waals surface area contributed by atoms with Crippen LogP contribution in [-0.4, -0.2) is 25.0 Å². The molecule has 0 fully saturated rings. The van der Waals surface area contributed by atoms with E-state index in [1.807, 2.05) is 0 Å². The standard InChI is InChI=1S/C34H32N2O2/c1-21-13-22(2)16-25(15-21)33-35-31(19-37-33)29-11-7-5-9-27(29)28-10-6-8-12-30(28)32-20-38-34(36-32)26-17-23(3)14-24(4)18-26/h5-18,31-32H,19-20H2,1-4H3/t31-,32-/m1/s1. The van der Waals surface area contributed by atoms with Crippen LogP contribution in [0.25, 0.3) is 11.1 Å². The molecule has 2 heterocycles. The van der Waals surface area contributed by atoms with Gasteiger partial charge in [-0.2, -0.15) is 0 Å². The Labute approximate surface area is 224 Å². The van der Waals surface area contributed by atoms with Gasteiger partial charge in [-0.25, -0.2) is 9.98 Å². The normalized spacial score (nSPS) is 18.5. The Hall–Kier alpha value is -4.18. The highest BCUT2D eigenvalue weighted by Crippen LogP contribution is 2.39. The lowest BCUT2D eigenvalue weighted by Crippen LogP contribution is -2.04. The fourth-order valence-electron chi connectivity index (χ4n) is 5.64. The molecule has 2 atom stereocenters. The summed E-state index contributed by atoms with van der Waals surface area (Å²) in [5.41, 5.74) is 11.6. The van der Waals surface area contributed by atoms with Crippen molar-refractivity contribution in [1.29, 1.82) is 0 Å². The molecule has 0 spiro atoms. The molecule has 4 nitrogen and oxygen atoms in total. The molecule has 6 rings (SSSR count). The molecule has 38 heavy (non-hydrogen) atoms. The number of ether oxygens (including phenoxy) is 2. The zero-order chi connectivity index (χ0) is 26.2. The van der Waals surface area contributed by atoms with Crippen molar-refractivity contribution in [2.24, 2.45) is 9.98 Å². The number of rotatable bonds is 5. The van der Waals surface area contributed by atoms with E-state index in [2.05, 4.69) is 113 Å². The van der Waals surface area contributed by atoms with Crippen LogP contribution in [0.2, 0.25) is 0 Å². The summed E-state index contributed by atoms with van der Waals surface area (Å²) >= 11 is 0. The van der Waals surface area contributed by atoms with E-state index < -0.39 is 0 Å². The van der Waals surface area contributed by atoms with Crippen molar-refractivity contribution in [3.63, 3.8) is 0 Å². The van der Waals surface area contributed by atoms with Crippen molar-refractivity contribution >= 4 is 11.8 Å². The molecular formula is C34H32N2O2. The molecule has 4 aromatic rings. The lowest BCUT2D eigenvalue weighted by molar-refractivity contribution is 0.319. The van der Waals surface area contributed by atoms with E-state index >= 15 is 0 Å². The van der Waals surface area contributed by atoms with E-state index in [-0.39, 0.29) is 12.1 Å². The van der Waals surface area contributed by atoms with E-state index in [1.54, 1.807) is 0 Å². The van der Waals surface area contributed by atoms with Gasteiger partial charge in [-0.15, -0.1) is 0 Å². The molecule has 0 saturated carbocycles. The summed E-state index contributed by atoms with van der Waals surface area (Å²) in [6, 6.07) is 29.8. The van der Waals surface area contributed by atoms with Crippen molar-refractivity contribution < 1.29 is 9.47 Å². The van der Waals surface area contributed by atoms with Crippen molar-refractivity contribution in [1.82, 2.24) is 0 Å². The van der Waals surface area contributed by atoms with E-state index in [0.29, 0.717) is 13.2 Å². The summed E-state index contributed by atoms with van der Waals surface area (Å²) in [5, 5.41) is 0. The molecule has 2 aliphatic heterocycles. The zero-order valence-electron chi connectivity index (χ0n) is 22.4. The summed E-state index contributed by atoms with van der Waals surface area (Å²) in [4.78, 5) is 10.1. The number of hydrogen-bond acceptors (Lipinski definition) is 4. The summed E-state index contributed by atoms with van der Waals surface area (Å²) in [5.74, 6) is 1.44. The summed E-state index contributed by atoms with van der Waals surface area (Å²) in [6.45, 7) is 9.49. The molecule has 0 saturated heterocycles. The van der Waals surface area contributed by atoms with Gasteiger partial charge < -0.3 is 9.47 Å². The highest BCUT2D eigenvalue weighted by molar-refractivity contribution is 5.96. The third-order valence-electron chi connectivity index (χ3n) is 7.17. The monoisotopic (exact) mass is 500 g/mol. The molecule has 0 aliphatic carbocycles. The molecule has 0 unspecified atom stereocenters. The highest BCUT2D eigenvalue weighted by atomic mass is 16.5. The molecule has 0 bridgehead atoms. The van der Waals surface area contributed by atoms with Crippen molar-refractivity contribution in [3.05, 3.63) is 129 Å². The minimum absolute atomic E-state index is 0.0655. The quantitative estimate of drug-likeness (QED) is 0.283. The van der Waals surface area contributed by atoms with Crippen LogP contribution in [-0.2, 0) is 9.47 Å². The van der Waals surface area contributed by atoms with Gasteiger partial charge in [-0.05, 0) is 74.2 Å². The maximum Gasteiger partial charge on any atom is 0.216 e. The first kappa shape index (κ1) is 24.2. The minimum Gasteiger partial charge on any atom is -0.475 e. The predicted octanol–water partition coefficient (Wildman–Crippen LogP) is 7.62. The Kier molecular flexibility index (Phi) is 6.32. The van der Waals surface area contributed by atoms with Gasteiger partial charge in [-0.1, -0.05) is 82.9 Å². The van der Waals surface area contributed by atoms with Gasteiger partial charge in [0.15, 0.2) is 0 Å². The minimum atomic E-state index is -0.0655. The topological polar surface area (TPSA) is 43.2 Å². The summed E-state index contributed by atoms with van der Waals surface area (Å²) in [7, 11) is 0. The van der Waals surface area contributed by atoms with Crippen LogP contribution >= 0.6 is 0 Å². The van der Waals surface area contributed by atoms with E-state index in [0.717, 1.165) is 45.2 Å².